The number of aromatic nitrogens is 1. The number of nitrogens with zero attached hydrogens (tertiary/aromatic N) is 3. The third-order valence-electron chi connectivity index (χ3n) is 5.42. The van der Waals surface area contributed by atoms with Gasteiger partial charge in [0.15, 0.2) is 0 Å². The second kappa shape index (κ2) is 7.89. The van der Waals surface area contributed by atoms with E-state index >= 15 is 0 Å². The maximum absolute atomic E-state index is 12.3. The molecule has 1 saturated heterocycles. The number of carbonyl (C=O) groups is 2. The normalized spacial score (nSPS) is 21.4. The number of aromatic carboxylic acids is 1. The number of hydrogen-bond donors (Lipinski definition) is 3. The first-order valence-electron chi connectivity index (χ1n) is 9.14. The number of aryl methyl sites for hydroxylation is 1. The van der Waals surface area contributed by atoms with Crippen molar-refractivity contribution < 1.29 is 24.9 Å². The van der Waals surface area contributed by atoms with Crippen molar-refractivity contribution in [2.45, 2.75) is 25.9 Å². The molecule has 0 radical (unpaired) electrons. The Bertz CT molecular complexity index is 986. The molecule has 1 aromatic carbocycles. The van der Waals surface area contributed by atoms with Crippen molar-refractivity contribution in [2.75, 3.05) is 18.0 Å². The van der Waals surface area contributed by atoms with Crippen molar-refractivity contribution in [3.05, 3.63) is 58.8 Å². The van der Waals surface area contributed by atoms with Crippen LogP contribution in [0.5, 0.6) is 0 Å². The van der Waals surface area contributed by atoms with Crippen LogP contribution < -0.4 is 4.90 Å². The zero-order valence-electron chi connectivity index (χ0n) is 15.9. The van der Waals surface area contributed by atoms with Gasteiger partial charge in [-0.1, -0.05) is 30.3 Å². The molecule has 0 spiro atoms. The Kier molecular flexibility index (Phi) is 5.52. The number of carboxylic acids is 2. The SMILES string of the molecule is Cc1nc(N2CC[C@@H](O)[C@](Cc3ccccc3)(C(=O)O)C2)c(C#N)cc1C(=O)O. The highest BCUT2D eigenvalue weighted by Gasteiger charge is 2.49. The summed E-state index contributed by atoms with van der Waals surface area (Å²) in [5, 5.41) is 39.4. The lowest BCUT2D eigenvalue weighted by molar-refractivity contribution is -0.157. The molecule has 1 aliphatic rings. The molecule has 0 bridgehead atoms. The molecular formula is C21H21N3O5. The van der Waals surface area contributed by atoms with Crippen LogP contribution in [0, 0.1) is 23.7 Å². The largest absolute Gasteiger partial charge is 0.481 e. The van der Waals surface area contributed by atoms with Gasteiger partial charge in [-0.15, -0.1) is 0 Å². The minimum absolute atomic E-state index is 0.0497. The van der Waals surface area contributed by atoms with Gasteiger partial charge in [-0.3, -0.25) is 4.79 Å². The standard InChI is InChI=1S/C21H21N3O5/c1-13-16(19(26)27)9-15(11-22)18(23-13)24-8-7-17(25)21(12-24,20(28)29)10-14-5-3-2-4-6-14/h2-6,9,17,25H,7-8,10,12H2,1H3,(H,26,27)(H,28,29)/t17-,21-/m1/s1. The van der Waals surface area contributed by atoms with E-state index in [0.717, 1.165) is 5.56 Å². The Labute approximate surface area is 167 Å². The number of anilines is 1. The van der Waals surface area contributed by atoms with Crippen molar-refractivity contribution in [1.82, 2.24) is 4.98 Å². The van der Waals surface area contributed by atoms with Crippen LogP contribution in [-0.2, 0) is 11.2 Å². The number of piperidine rings is 1. The number of hydrogen-bond acceptors (Lipinski definition) is 6. The van der Waals surface area contributed by atoms with Crippen LogP contribution in [0.25, 0.3) is 0 Å². The molecule has 3 N–H and O–H groups in total. The van der Waals surface area contributed by atoms with Crippen LogP contribution in [0.3, 0.4) is 0 Å². The quantitative estimate of drug-likeness (QED) is 0.698. The molecule has 8 heteroatoms. The second-order valence-electron chi connectivity index (χ2n) is 7.26. The third-order valence-corrected chi connectivity index (χ3v) is 5.42. The molecule has 3 rings (SSSR count). The first-order chi connectivity index (χ1) is 13.8. The third kappa shape index (κ3) is 3.77. The van der Waals surface area contributed by atoms with Gasteiger partial charge in [-0.25, -0.2) is 9.78 Å². The number of nitriles is 1. The molecule has 29 heavy (non-hydrogen) atoms. The van der Waals surface area contributed by atoms with Gasteiger partial charge in [0.05, 0.1) is 22.9 Å². The molecule has 8 nitrogen and oxygen atoms in total. The fourth-order valence-electron chi connectivity index (χ4n) is 3.81. The summed E-state index contributed by atoms with van der Waals surface area (Å²) in [4.78, 5) is 29.6. The number of aliphatic carboxylic acids is 1. The summed E-state index contributed by atoms with van der Waals surface area (Å²) < 4.78 is 0. The van der Waals surface area contributed by atoms with Crippen LogP contribution in [0.4, 0.5) is 5.82 Å². The van der Waals surface area contributed by atoms with Crippen LogP contribution >= 0.6 is 0 Å². The van der Waals surface area contributed by atoms with Crippen molar-refractivity contribution in [3.63, 3.8) is 0 Å². The maximum Gasteiger partial charge on any atom is 0.337 e. The lowest BCUT2D eigenvalue weighted by atomic mass is 9.72. The minimum Gasteiger partial charge on any atom is -0.481 e. The van der Waals surface area contributed by atoms with E-state index in [-0.39, 0.29) is 42.0 Å². The summed E-state index contributed by atoms with van der Waals surface area (Å²) in [5.41, 5.74) is -0.476. The van der Waals surface area contributed by atoms with Crippen LogP contribution in [0.15, 0.2) is 36.4 Å². The van der Waals surface area contributed by atoms with Crippen LogP contribution in [-0.4, -0.2) is 51.4 Å². The van der Waals surface area contributed by atoms with Gasteiger partial charge in [0, 0.05) is 13.1 Å². The van der Waals surface area contributed by atoms with E-state index in [1.54, 1.807) is 29.2 Å². The number of aliphatic hydroxyl groups is 1. The highest BCUT2D eigenvalue weighted by Crippen LogP contribution is 2.37. The molecule has 150 valence electrons. The molecule has 0 aliphatic carbocycles. The zero-order chi connectivity index (χ0) is 21.2. The zero-order valence-corrected chi connectivity index (χ0v) is 15.9. The summed E-state index contributed by atoms with van der Waals surface area (Å²) in [6, 6.07) is 12.3. The Morgan fingerprint density at radius 1 is 1.31 bits per heavy atom. The predicted molar refractivity (Wildman–Crippen MR) is 104 cm³/mol. The van der Waals surface area contributed by atoms with E-state index in [9.17, 15) is 30.2 Å². The molecule has 1 aliphatic heterocycles. The maximum atomic E-state index is 12.3. The minimum atomic E-state index is -1.48. The van der Waals surface area contributed by atoms with Crippen LogP contribution in [0.1, 0.15) is 33.6 Å². The summed E-state index contributed by atoms with van der Waals surface area (Å²) in [6.45, 7) is 1.78. The fourth-order valence-corrected chi connectivity index (χ4v) is 3.81. The van der Waals surface area contributed by atoms with E-state index in [1.807, 2.05) is 12.1 Å². The summed E-state index contributed by atoms with van der Waals surface area (Å²) >= 11 is 0. The molecule has 1 fully saturated rings. The van der Waals surface area contributed by atoms with Gasteiger partial charge >= 0.3 is 11.9 Å². The van der Waals surface area contributed by atoms with Gasteiger partial charge in [-0.2, -0.15) is 5.26 Å². The van der Waals surface area contributed by atoms with Crippen molar-refractivity contribution in [3.8, 4) is 6.07 Å². The lowest BCUT2D eigenvalue weighted by Gasteiger charge is -2.44. The van der Waals surface area contributed by atoms with E-state index < -0.39 is 23.5 Å². The summed E-state index contributed by atoms with van der Waals surface area (Å²) in [6.07, 6.45) is -0.762. The Balaban J connectivity index is 2.02. The Morgan fingerprint density at radius 3 is 2.59 bits per heavy atom. The lowest BCUT2D eigenvalue weighted by Crippen LogP contribution is -2.57. The molecule has 0 unspecified atom stereocenters. The molecular weight excluding hydrogens is 374 g/mol. The number of pyridine rings is 1. The first kappa shape index (κ1) is 20.3. The number of benzene rings is 1. The number of carboxylic acid groups (broad SMARTS) is 2. The number of rotatable bonds is 5. The van der Waals surface area contributed by atoms with Crippen molar-refractivity contribution in [2.24, 2.45) is 5.41 Å². The summed E-state index contributed by atoms with van der Waals surface area (Å²) in [5.74, 6) is -2.08. The molecule has 1 aromatic heterocycles. The van der Waals surface area contributed by atoms with E-state index in [2.05, 4.69) is 4.98 Å². The summed E-state index contributed by atoms with van der Waals surface area (Å²) in [7, 11) is 0. The Hall–Kier alpha value is -3.44. The van der Waals surface area contributed by atoms with Crippen molar-refractivity contribution >= 4 is 17.8 Å². The molecule has 2 atom stereocenters. The van der Waals surface area contributed by atoms with E-state index in [0.29, 0.717) is 6.54 Å². The Morgan fingerprint density at radius 2 is 2.00 bits per heavy atom. The van der Waals surface area contributed by atoms with Gasteiger partial charge in [0.1, 0.15) is 17.3 Å². The second-order valence-corrected chi connectivity index (χ2v) is 7.26. The average Bonchev–Trinajstić information content (AvgIpc) is 2.70. The molecule has 2 aromatic rings. The molecule has 2 heterocycles. The monoisotopic (exact) mass is 395 g/mol. The van der Waals surface area contributed by atoms with Gasteiger partial charge in [0.25, 0.3) is 0 Å². The van der Waals surface area contributed by atoms with Gasteiger partial charge in [0.2, 0.25) is 0 Å². The fraction of sp³-hybridized carbons (Fsp3) is 0.333. The van der Waals surface area contributed by atoms with E-state index in [4.69, 9.17) is 0 Å². The van der Waals surface area contributed by atoms with Crippen LogP contribution in [0.2, 0.25) is 0 Å². The highest BCUT2D eigenvalue weighted by molar-refractivity contribution is 5.90. The van der Waals surface area contributed by atoms with Crippen molar-refractivity contribution in [1.29, 1.82) is 5.26 Å². The van der Waals surface area contributed by atoms with E-state index in [1.165, 1.54) is 13.0 Å². The first-order valence-corrected chi connectivity index (χ1v) is 9.14. The molecule has 0 saturated carbocycles. The predicted octanol–water partition coefficient (Wildman–Crippen LogP) is 1.84. The average molecular weight is 395 g/mol. The highest BCUT2D eigenvalue weighted by atomic mass is 16.4. The number of aliphatic hydroxyl groups excluding tert-OH is 1. The molecule has 0 amide bonds. The van der Waals surface area contributed by atoms with Gasteiger partial charge in [-0.05, 0) is 31.4 Å². The topological polar surface area (TPSA) is 135 Å². The van der Waals surface area contributed by atoms with Gasteiger partial charge < -0.3 is 20.2 Å². The smallest absolute Gasteiger partial charge is 0.337 e.